The number of amides is 2. The average molecular weight is 458 g/mol. The van der Waals surface area contributed by atoms with Gasteiger partial charge in [0.15, 0.2) is 6.61 Å². The van der Waals surface area contributed by atoms with Gasteiger partial charge in [-0.05, 0) is 58.4 Å². The molecule has 1 aliphatic rings. The van der Waals surface area contributed by atoms with Gasteiger partial charge < -0.3 is 14.2 Å². The van der Waals surface area contributed by atoms with Gasteiger partial charge >= 0.3 is 11.9 Å². The summed E-state index contributed by atoms with van der Waals surface area (Å²) < 4.78 is 15.0. The van der Waals surface area contributed by atoms with Crippen molar-refractivity contribution < 1.29 is 33.4 Å². The van der Waals surface area contributed by atoms with Gasteiger partial charge in [0.05, 0.1) is 23.6 Å². The number of thioether (sulfide) groups is 1. The molecule has 2 rings (SSSR count). The molecule has 0 spiro atoms. The van der Waals surface area contributed by atoms with E-state index in [1.165, 1.54) is 27.2 Å². The quantitative estimate of drug-likeness (QED) is 0.474. The Morgan fingerprint density at radius 1 is 1.26 bits per heavy atom. The predicted molar refractivity (Wildman–Crippen MR) is 101 cm³/mol. The summed E-state index contributed by atoms with van der Waals surface area (Å²) in [4.78, 5) is 48.4. The standard InChI is InChI=1S/C17H16BrNO7S/c1-9(16(22)25-3)19-15(21)13(27-17(19)23)7-10-4-5-12(11(18)6-10)26-8-14(20)24-2/h4-7,9H,8H2,1-3H3. The molecule has 27 heavy (non-hydrogen) atoms. The zero-order valence-electron chi connectivity index (χ0n) is 14.7. The molecule has 1 saturated heterocycles. The SMILES string of the molecule is COC(=O)COc1ccc(C=C2SC(=O)N(C(C)C(=O)OC)C2=O)cc1Br. The van der Waals surface area contributed by atoms with Crippen molar-refractivity contribution in [3.05, 3.63) is 33.1 Å². The van der Waals surface area contributed by atoms with E-state index in [4.69, 9.17) is 4.74 Å². The van der Waals surface area contributed by atoms with E-state index in [0.29, 0.717) is 15.8 Å². The molecule has 144 valence electrons. The Morgan fingerprint density at radius 3 is 2.56 bits per heavy atom. The van der Waals surface area contributed by atoms with Crippen molar-refractivity contribution in [2.75, 3.05) is 20.8 Å². The van der Waals surface area contributed by atoms with E-state index in [2.05, 4.69) is 25.4 Å². The number of nitrogens with zero attached hydrogens (tertiary/aromatic N) is 1. The average Bonchev–Trinajstić information content (AvgIpc) is 2.92. The first-order chi connectivity index (χ1) is 12.8. The van der Waals surface area contributed by atoms with E-state index in [1.54, 1.807) is 18.2 Å². The first-order valence-electron chi connectivity index (χ1n) is 7.62. The molecular formula is C17H16BrNO7S. The molecule has 1 heterocycles. The first kappa shape index (κ1) is 21.0. The molecule has 0 aliphatic carbocycles. The molecule has 8 nitrogen and oxygen atoms in total. The molecule has 1 aromatic carbocycles. The summed E-state index contributed by atoms with van der Waals surface area (Å²) in [5.74, 6) is -1.33. The van der Waals surface area contributed by atoms with Crippen molar-refractivity contribution in [2.24, 2.45) is 0 Å². The largest absolute Gasteiger partial charge is 0.481 e. The maximum absolute atomic E-state index is 12.5. The topological polar surface area (TPSA) is 99.2 Å². The summed E-state index contributed by atoms with van der Waals surface area (Å²) in [5, 5.41) is -0.541. The molecule has 0 bridgehead atoms. The van der Waals surface area contributed by atoms with E-state index < -0.39 is 29.1 Å². The molecule has 10 heteroatoms. The van der Waals surface area contributed by atoms with Gasteiger partial charge in [-0.2, -0.15) is 0 Å². The van der Waals surface area contributed by atoms with Crippen LogP contribution in [0.2, 0.25) is 0 Å². The number of carbonyl (C=O) groups excluding carboxylic acids is 4. The molecule has 1 aromatic rings. The Hall–Kier alpha value is -2.33. The van der Waals surface area contributed by atoms with E-state index >= 15 is 0 Å². The molecule has 2 amide bonds. The third-order valence-electron chi connectivity index (χ3n) is 3.58. The van der Waals surface area contributed by atoms with Gasteiger partial charge in [0.2, 0.25) is 0 Å². The number of carbonyl (C=O) groups is 4. The molecule has 0 aromatic heterocycles. The van der Waals surface area contributed by atoms with Gasteiger partial charge in [0.1, 0.15) is 11.8 Å². The highest BCUT2D eigenvalue weighted by Gasteiger charge is 2.41. The van der Waals surface area contributed by atoms with Crippen molar-refractivity contribution in [1.82, 2.24) is 4.90 Å². The van der Waals surface area contributed by atoms with E-state index in [0.717, 1.165) is 16.7 Å². The molecule has 1 atom stereocenters. The number of esters is 2. The minimum Gasteiger partial charge on any atom is -0.481 e. The smallest absolute Gasteiger partial charge is 0.343 e. The number of hydrogen-bond donors (Lipinski definition) is 0. The van der Waals surface area contributed by atoms with Crippen molar-refractivity contribution in [3.8, 4) is 5.75 Å². The fourth-order valence-electron chi connectivity index (χ4n) is 2.16. The molecule has 0 radical (unpaired) electrons. The van der Waals surface area contributed by atoms with Crippen LogP contribution in [0.4, 0.5) is 4.79 Å². The van der Waals surface area contributed by atoms with Crippen LogP contribution in [0, 0.1) is 0 Å². The van der Waals surface area contributed by atoms with Crippen molar-refractivity contribution in [2.45, 2.75) is 13.0 Å². The molecule has 1 fully saturated rings. The van der Waals surface area contributed by atoms with Crippen LogP contribution in [0.15, 0.2) is 27.6 Å². The Balaban J connectivity index is 2.18. The predicted octanol–water partition coefficient (Wildman–Crippen LogP) is 2.60. The lowest BCUT2D eigenvalue weighted by Crippen LogP contribution is -2.42. The van der Waals surface area contributed by atoms with E-state index in [9.17, 15) is 19.2 Å². The highest BCUT2D eigenvalue weighted by molar-refractivity contribution is 9.10. The van der Waals surface area contributed by atoms with Crippen LogP contribution in [-0.2, 0) is 23.9 Å². The Labute approximate surface area is 167 Å². The zero-order valence-corrected chi connectivity index (χ0v) is 17.1. The first-order valence-corrected chi connectivity index (χ1v) is 9.23. The lowest BCUT2D eigenvalue weighted by Gasteiger charge is -2.18. The Morgan fingerprint density at radius 2 is 1.96 bits per heavy atom. The third kappa shape index (κ3) is 4.89. The molecular weight excluding hydrogens is 442 g/mol. The minimum absolute atomic E-state index is 0.186. The van der Waals surface area contributed by atoms with Crippen LogP contribution in [0.1, 0.15) is 12.5 Å². The highest BCUT2D eigenvalue weighted by atomic mass is 79.9. The summed E-state index contributed by atoms with van der Waals surface area (Å²) in [6.07, 6.45) is 1.53. The Bertz CT molecular complexity index is 823. The van der Waals surface area contributed by atoms with Crippen LogP contribution in [-0.4, -0.2) is 54.9 Å². The van der Waals surface area contributed by atoms with Crippen molar-refractivity contribution >= 4 is 56.9 Å². The van der Waals surface area contributed by atoms with Crippen LogP contribution < -0.4 is 4.74 Å². The summed E-state index contributed by atoms with van der Waals surface area (Å²) in [7, 11) is 2.45. The maximum Gasteiger partial charge on any atom is 0.343 e. The third-order valence-corrected chi connectivity index (χ3v) is 5.08. The van der Waals surface area contributed by atoms with Gasteiger partial charge in [-0.1, -0.05) is 6.07 Å². The number of ether oxygens (including phenoxy) is 3. The van der Waals surface area contributed by atoms with Gasteiger partial charge in [-0.25, -0.2) is 9.59 Å². The molecule has 1 unspecified atom stereocenters. The van der Waals surface area contributed by atoms with Gasteiger partial charge in [-0.15, -0.1) is 0 Å². The van der Waals surface area contributed by atoms with Gasteiger partial charge in [0, 0.05) is 0 Å². The second-order valence-electron chi connectivity index (χ2n) is 5.31. The monoisotopic (exact) mass is 457 g/mol. The van der Waals surface area contributed by atoms with Crippen LogP contribution >= 0.6 is 27.7 Å². The number of hydrogen-bond acceptors (Lipinski definition) is 8. The lowest BCUT2D eigenvalue weighted by molar-refractivity contribution is -0.148. The molecule has 0 N–H and O–H groups in total. The number of halogens is 1. The number of rotatable bonds is 6. The van der Waals surface area contributed by atoms with Gasteiger partial charge in [0.25, 0.3) is 11.1 Å². The summed E-state index contributed by atoms with van der Waals surface area (Å²) >= 11 is 4.07. The zero-order chi connectivity index (χ0) is 20.1. The maximum atomic E-state index is 12.5. The van der Waals surface area contributed by atoms with Crippen LogP contribution in [0.5, 0.6) is 5.75 Å². The summed E-state index contributed by atoms with van der Waals surface area (Å²) in [6.45, 7) is 1.19. The second-order valence-corrected chi connectivity index (χ2v) is 7.15. The van der Waals surface area contributed by atoms with Crippen molar-refractivity contribution in [3.63, 3.8) is 0 Å². The fraction of sp³-hybridized carbons (Fsp3) is 0.294. The van der Waals surface area contributed by atoms with Crippen molar-refractivity contribution in [1.29, 1.82) is 0 Å². The highest BCUT2D eigenvalue weighted by Crippen LogP contribution is 2.35. The number of methoxy groups -OCH3 is 2. The Kier molecular flexibility index (Phi) is 7.03. The number of imide groups is 1. The lowest BCUT2D eigenvalue weighted by atomic mass is 10.2. The van der Waals surface area contributed by atoms with E-state index in [1.807, 2.05) is 0 Å². The van der Waals surface area contributed by atoms with Crippen LogP contribution in [0.25, 0.3) is 6.08 Å². The molecule has 0 saturated carbocycles. The van der Waals surface area contributed by atoms with E-state index in [-0.39, 0.29) is 11.5 Å². The van der Waals surface area contributed by atoms with Crippen LogP contribution in [0.3, 0.4) is 0 Å². The molecule has 1 aliphatic heterocycles. The summed E-state index contributed by atoms with van der Waals surface area (Å²) in [5.41, 5.74) is 0.628. The normalized spacial score (nSPS) is 16.4. The second kappa shape index (κ2) is 9.05. The number of benzene rings is 1. The summed E-state index contributed by atoms with van der Waals surface area (Å²) in [6, 6.07) is 3.94. The minimum atomic E-state index is -1.01. The van der Waals surface area contributed by atoms with Gasteiger partial charge in [-0.3, -0.25) is 14.5 Å². The fourth-order valence-corrected chi connectivity index (χ4v) is 3.58.